The topological polar surface area (TPSA) is 89.3 Å². The quantitative estimate of drug-likeness (QED) is 0.511. The molecule has 0 spiro atoms. The van der Waals surface area contributed by atoms with Crippen LogP contribution < -0.4 is 11.5 Å². The minimum Gasteiger partial charge on any atom is -0.481 e. The second-order valence-electron chi connectivity index (χ2n) is 3.88. The Balaban J connectivity index is 3.51. The van der Waals surface area contributed by atoms with E-state index in [0.29, 0.717) is 0 Å². The summed E-state index contributed by atoms with van der Waals surface area (Å²) in [7, 11) is 0. The molecule has 0 aromatic heterocycles. The van der Waals surface area contributed by atoms with Crippen LogP contribution in [0.15, 0.2) is 0 Å². The Morgan fingerprint density at radius 1 is 1.36 bits per heavy atom. The number of aliphatic carboxylic acids is 1. The number of hydrogen-bond acceptors (Lipinski definition) is 3. The van der Waals surface area contributed by atoms with E-state index in [1.54, 1.807) is 0 Å². The molecule has 0 aliphatic rings. The smallest absolute Gasteiger partial charge is 0.303 e. The summed E-state index contributed by atoms with van der Waals surface area (Å²) < 4.78 is 0. The average molecular weight is 202 g/mol. The van der Waals surface area contributed by atoms with Crippen molar-refractivity contribution in [1.82, 2.24) is 0 Å². The molecule has 0 aromatic carbocycles. The highest BCUT2D eigenvalue weighted by atomic mass is 16.4. The number of unbranched alkanes of at least 4 members (excludes halogenated alkanes) is 2. The van der Waals surface area contributed by atoms with Crippen molar-refractivity contribution in [1.29, 1.82) is 0 Å². The van der Waals surface area contributed by atoms with Crippen LogP contribution in [0.25, 0.3) is 0 Å². The number of carbonyl (C=O) groups is 1. The first-order valence-electron chi connectivity index (χ1n) is 5.25. The Morgan fingerprint density at radius 3 is 2.50 bits per heavy atom. The average Bonchev–Trinajstić information content (AvgIpc) is 2.11. The van der Waals surface area contributed by atoms with E-state index in [2.05, 4.69) is 0 Å². The zero-order valence-corrected chi connectivity index (χ0v) is 8.91. The standard InChI is InChI=1S/C10H22N2O2/c1-8(7-10(13)14)9(12)5-3-2-4-6-11/h8-9H,2-7,11-12H2,1H3,(H,13,14). The molecule has 0 saturated carbocycles. The van der Waals surface area contributed by atoms with Gasteiger partial charge in [-0.25, -0.2) is 0 Å². The van der Waals surface area contributed by atoms with Gasteiger partial charge in [0.25, 0.3) is 0 Å². The van der Waals surface area contributed by atoms with Gasteiger partial charge in [0.15, 0.2) is 0 Å². The van der Waals surface area contributed by atoms with Gasteiger partial charge in [0.2, 0.25) is 0 Å². The van der Waals surface area contributed by atoms with Crippen LogP contribution >= 0.6 is 0 Å². The normalized spacial score (nSPS) is 15.1. The van der Waals surface area contributed by atoms with Crippen LogP contribution in [-0.4, -0.2) is 23.7 Å². The highest BCUT2D eigenvalue weighted by Crippen LogP contribution is 2.12. The van der Waals surface area contributed by atoms with Gasteiger partial charge in [-0.2, -0.15) is 0 Å². The van der Waals surface area contributed by atoms with Crippen molar-refractivity contribution < 1.29 is 9.90 Å². The van der Waals surface area contributed by atoms with E-state index in [-0.39, 0.29) is 18.4 Å². The van der Waals surface area contributed by atoms with Crippen molar-refractivity contribution in [3.05, 3.63) is 0 Å². The van der Waals surface area contributed by atoms with Gasteiger partial charge in [0.05, 0.1) is 0 Å². The highest BCUT2D eigenvalue weighted by Gasteiger charge is 2.15. The maximum atomic E-state index is 10.4. The summed E-state index contributed by atoms with van der Waals surface area (Å²) in [5.41, 5.74) is 11.2. The van der Waals surface area contributed by atoms with E-state index in [1.807, 2.05) is 6.92 Å². The van der Waals surface area contributed by atoms with Crippen molar-refractivity contribution >= 4 is 5.97 Å². The van der Waals surface area contributed by atoms with Crippen molar-refractivity contribution in [2.75, 3.05) is 6.54 Å². The van der Waals surface area contributed by atoms with Crippen LogP contribution in [0.3, 0.4) is 0 Å². The molecule has 0 rings (SSSR count). The Bertz CT molecular complexity index is 162. The SMILES string of the molecule is CC(CC(=O)O)C(N)CCCCCN. The first-order chi connectivity index (χ1) is 6.57. The third kappa shape index (κ3) is 6.86. The molecule has 4 heteroatoms. The van der Waals surface area contributed by atoms with Crippen molar-refractivity contribution in [2.24, 2.45) is 17.4 Å². The van der Waals surface area contributed by atoms with Gasteiger partial charge < -0.3 is 16.6 Å². The second-order valence-corrected chi connectivity index (χ2v) is 3.88. The summed E-state index contributed by atoms with van der Waals surface area (Å²) in [4.78, 5) is 10.4. The second kappa shape index (κ2) is 7.76. The maximum absolute atomic E-state index is 10.4. The lowest BCUT2D eigenvalue weighted by atomic mass is 9.94. The summed E-state index contributed by atoms with van der Waals surface area (Å²) >= 11 is 0. The Hall–Kier alpha value is -0.610. The van der Waals surface area contributed by atoms with Gasteiger partial charge in [-0.15, -0.1) is 0 Å². The molecule has 0 aliphatic heterocycles. The first-order valence-corrected chi connectivity index (χ1v) is 5.25. The molecule has 0 fully saturated rings. The van der Waals surface area contributed by atoms with E-state index < -0.39 is 5.97 Å². The summed E-state index contributed by atoms with van der Waals surface area (Å²) in [5, 5.41) is 8.57. The van der Waals surface area contributed by atoms with E-state index >= 15 is 0 Å². The molecule has 0 bridgehead atoms. The fourth-order valence-electron chi connectivity index (χ4n) is 1.41. The predicted octanol–water partition coefficient (Wildman–Crippen LogP) is 0.944. The molecular weight excluding hydrogens is 180 g/mol. The van der Waals surface area contributed by atoms with E-state index in [4.69, 9.17) is 16.6 Å². The van der Waals surface area contributed by atoms with Crippen molar-refractivity contribution in [2.45, 2.75) is 45.1 Å². The molecule has 5 N–H and O–H groups in total. The first kappa shape index (κ1) is 13.4. The summed E-state index contributed by atoms with van der Waals surface area (Å²) in [6.07, 6.45) is 4.22. The molecular formula is C10H22N2O2. The predicted molar refractivity (Wildman–Crippen MR) is 56.9 cm³/mol. The number of rotatable bonds is 8. The van der Waals surface area contributed by atoms with Crippen LogP contribution in [0.4, 0.5) is 0 Å². The molecule has 0 aliphatic carbocycles. The maximum Gasteiger partial charge on any atom is 0.303 e. The van der Waals surface area contributed by atoms with Gasteiger partial charge in [-0.3, -0.25) is 4.79 Å². The van der Waals surface area contributed by atoms with Gasteiger partial charge in [0.1, 0.15) is 0 Å². The van der Waals surface area contributed by atoms with E-state index in [1.165, 1.54) is 0 Å². The molecule has 0 amide bonds. The fraction of sp³-hybridized carbons (Fsp3) is 0.900. The Labute approximate surface area is 85.7 Å². The van der Waals surface area contributed by atoms with Gasteiger partial charge in [0, 0.05) is 12.5 Å². The zero-order valence-electron chi connectivity index (χ0n) is 8.91. The lowest BCUT2D eigenvalue weighted by Crippen LogP contribution is -2.29. The minimum atomic E-state index is -0.769. The third-order valence-electron chi connectivity index (χ3n) is 2.47. The van der Waals surface area contributed by atoms with Crippen LogP contribution in [0, 0.1) is 5.92 Å². The van der Waals surface area contributed by atoms with Crippen LogP contribution in [0.1, 0.15) is 39.0 Å². The molecule has 0 aromatic rings. The highest BCUT2D eigenvalue weighted by molar-refractivity contribution is 5.67. The number of nitrogens with two attached hydrogens (primary N) is 2. The summed E-state index contributed by atoms with van der Waals surface area (Å²) in [5.74, 6) is -0.708. The Morgan fingerprint density at radius 2 is 2.00 bits per heavy atom. The summed E-state index contributed by atoms with van der Waals surface area (Å²) in [6, 6.07) is 0.00359. The van der Waals surface area contributed by atoms with Crippen LogP contribution in [0.2, 0.25) is 0 Å². The minimum absolute atomic E-state index is 0.00359. The molecule has 0 heterocycles. The van der Waals surface area contributed by atoms with Gasteiger partial charge in [-0.1, -0.05) is 19.8 Å². The molecule has 0 radical (unpaired) electrons. The molecule has 2 atom stereocenters. The Kier molecular flexibility index (Phi) is 7.42. The molecule has 4 nitrogen and oxygen atoms in total. The molecule has 84 valence electrons. The molecule has 0 saturated heterocycles. The number of carboxylic acid groups (broad SMARTS) is 1. The lowest BCUT2D eigenvalue weighted by molar-refractivity contribution is -0.138. The fourth-order valence-corrected chi connectivity index (χ4v) is 1.41. The molecule has 2 unspecified atom stereocenters. The third-order valence-corrected chi connectivity index (χ3v) is 2.47. The monoisotopic (exact) mass is 202 g/mol. The summed E-state index contributed by atoms with van der Waals surface area (Å²) in [6.45, 7) is 2.61. The van der Waals surface area contributed by atoms with Crippen LogP contribution in [-0.2, 0) is 4.79 Å². The zero-order chi connectivity index (χ0) is 11.0. The van der Waals surface area contributed by atoms with Gasteiger partial charge >= 0.3 is 5.97 Å². The van der Waals surface area contributed by atoms with Crippen molar-refractivity contribution in [3.63, 3.8) is 0 Å². The number of carboxylic acids is 1. The van der Waals surface area contributed by atoms with Crippen LogP contribution in [0.5, 0.6) is 0 Å². The lowest BCUT2D eigenvalue weighted by Gasteiger charge is -2.17. The van der Waals surface area contributed by atoms with Gasteiger partial charge in [-0.05, 0) is 25.3 Å². The van der Waals surface area contributed by atoms with E-state index in [0.717, 1.165) is 32.2 Å². The van der Waals surface area contributed by atoms with Crippen molar-refractivity contribution in [3.8, 4) is 0 Å². The number of hydrogen-bond donors (Lipinski definition) is 3. The van der Waals surface area contributed by atoms with E-state index in [9.17, 15) is 4.79 Å². The molecule has 14 heavy (non-hydrogen) atoms. The largest absolute Gasteiger partial charge is 0.481 e.